The first-order chi connectivity index (χ1) is 6.81. The van der Waals surface area contributed by atoms with Gasteiger partial charge in [-0.15, -0.1) is 0 Å². The molecule has 0 unspecified atom stereocenters. The van der Waals surface area contributed by atoms with Gasteiger partial charge in [-0.2, -0.15) is 0 Å². The van der Waals surface area contributed by atoms with Crippen LogP contribution in [0.4, 0.5) is 0 Å². The van der Waals surface area contributed by atoms with Gasteiger partial charge in [0.05, 0.1) is 25.1 Å². The molecule has 1 aliphatic heterocycles. The smallest absolute Gasteiger partial charge is 0.0949 e. The Labute approximate surface area is 82.6 Å². The molecule has 2 heterocycles. The summed E-state index contributed by atoms with van der Waals surface area (Å²) in [6, 6.07) is 0.0732. The summed E-state index contributed by atoms with van der Waals surface area (Å²) in [4.78, 5) is 6.01. The Bertz CT molecular complexity index is 276. The molecule has 1 aromatic heterocycles. The number of hydrogen-bond donors (Lipinski definition) is 2. The SMILES string of the molecule is OCCN1C[C@@H](n2ccnc2)[C@@H](O)C1. The van der Waals surface area contributed by atoms with Crippen LogP contribution in [0, 0.1) is 0 Å². The monoisotopic (exact) mass is 197 g/mol. The van der Waals surface area contributed by atoms with Crippen LogP contribution in [-0.2, 0) is 0 Å². The summed E-state index contributed by atoms with van der Waals surface area (Å²) in [5, 5.41) is 18.6. The first-order valence-corrected chi connectivity index (χ1v) is 4.80. The second kappa shape index (κ2) is 4.08. The molecule has 14 heavy (non-hydrogen) atoms. The van der Waals surface area contributed by atoms with Gasteiger partial charge in [-0.25, -0.2) is 4.98 Å². The van der Waals surface area contributed by atoms with Crippen LogP contribution in [0.2, 0.25) is 0 Å². The van der Waals surface area contributed by atoms with Crippen molar-refractivity contribution in [2.45, 2.75) is 12.1 Å². The topological polar surface area (TPSA) is 61.5 Å². The highest BCUT2D eigenvalue weighted by molar-refractivity contribution is 4.91. The van der Waals surface area contributed by atoms with E-state index in [1.54, 1.807) is 12.5 Å². The van der Waals surface area contributed by atoms with E-state index in [0.29, 0.717) is 13.1 Å². The molecular weight excluding hydrogens is 182 g/mol. The van der Waals surface area contributed by atoms with Gasteiger partial charge in [-0.05, 0) is 0 Å². The van der Waals surface area contributed by atoms with Gasteiger partial charge in [-0.3, -0.25) is 4.90 Å². The number of likely N-dealkylation sites (tertiary alicyclic amines) is 1. The first kappa shape index (κ1) is 9.64. The van der Waals surface area contributed by atoms with Crippen molar-refractivity contribution in [1.82, 2.24) is 14.5 Å². The number of imidazole rings is 1. The average Bonchev–Trinajstić information content (AvgIpc) is 2.74. The highest BCUT2D eigenvalue weighted by atomic mass is 16.3. The van der Waals surface area contributed by atoms with Gasteiger partial charge in [0, 0.05) is 32.0 Å². The fraction of sp³-hybridized carbons (Fsp3) is 0.667. The van der Waals surface area contributed by atoms with Crippen molar-refractivity contribution in [2.24, 2.45) is 0 Å². The third-order valence-electron chi connectivity index (χ3n) is 2.66. The second-order valence-corrected chi connectivity index (χ2v) is 3.63. The third-order valence-corrected chi connectivity index (χ3v) is 2.66. The number of aliphatic hydroxyl groups excluding tert-OH is 2. The summed E-state index contributed by atoms with van der Waals surface area (Å²) < 4.78 is 1.92. The Morgan fingerprint density at radius 3 is 2.93 bits per heavy atom. The molecule has 2 N–H and O–H groups in total. The third kappa shape index (κ3) is 1.79. The maximum absolute atomic E-state index is 9.79. The molecule has 2 atom stereocenters. The molecule has 5 nitrogen and oxygen atoms in total. The van der Waals surface area contributed by atoms with Crippen molar-refractivity contribution in [3.63, 3.8) is 0 Å². The minimum absolute atomic E-state index is 0.0732. The molecular formula is C9H15N3O2. The predicted octanol–water partition coefficient (Wildman–Crippen LogP) is -0.907. The Kier molecular flexibility index (Phi) is 2.81. The lowest BCUT2D eigenvalue weighted by molar-refractivity contribution is 0.141. The maximum atomic E-state index is 9.79. The Balaban J connectivity index is 2.01. The van der Waals surface area contributed by atoms with E-state index in [4.69, 9.17) is 5.11 Å². The summed E-state index contributed by atoms with van der Waals surface area (Å²) in [5.41, 5.74) is 0. The standard InChI is InChI=1S/C9H15N3O2/c13-4-3-11-5-8(9(14)6-11)12-2-1-10-7-12/h1-2,7-9,13-14H,3-6H2/t8-,9+/m1/s1. The number of rotatable bonds is 3. The van der Waals surface area contributed by atoms with Crippen molar-refractivity contribution in [3.8, 4) is 0 Å². The minimum atomic E-state index is -0.365. The van der Waals surface area contributed by atoms with Crippen molar-refractivity contribution in [1.29, 1.82) is 0 Å². The molecule has 0 bridgehead atoms. The number of aromatic nitrogens is 2. The molecule has 0 aliphatic carbocycles. The summed E-state index contributed by atoms with van der Waals surface area (Å²) >= 11 is 0. The lowest BCUT2D eigenvalue weighted by Crippen LogP contribution is -2.25. The highest BCUT2D eigenvalue weighted by Crippen LogP contribution is 2.21. The van der Waals surface area contributed by atoms with Crippen LogP contribution in [0.15, 0.2) is 18.7 Å². The molecule has 1 saturated heterocycles. The molecule has 0 aromatic carbocycles. The van der Waals surface area contributed by atoms with E-state index in [9.17, 15) is 5.11 Å². The fourth-order valence-corrected chi connectivity index (χ4v) is 1.93. The van der Waals surface area contributed by atoms with E-state index in [2.05, 4.69) is 9.88 Å². The van der Waals surface area contributed by atoms with Gasteiger partial charge >= 0.3 is 0 Å². The van der Waals surface area contributed by atoms with E-state index in [0.717, 1.165) is 6.54 Å². The first-order valence-electron chi connectivity index (χ1n) is 4.80. The fourth-order valence-electron chi connectivity index (χ4n) is 1.93. The van der Waals surface area contributed by atoms with Crippen LogP contribution in [0.3, 0.4) is 0 Å². The molecule has 0 spiro atoms. The highest BCUT2D eigenvalue weighted by Gasteiger charge is 2.31. The molecule has 2 rings (SSSR count). The molecule has 0 radical (unpaired) electrons. The zero-order valence-corrected chi connectivity index (χ0v) is 7.95. The minimum Gasteiger partial charge on any atom is -0.395 e. The average molecular weight is 197 g/mol. The molecule has 0 saturated carbocycles. The molecule has 1 aliphatic rings. The lowest BCUT2D eigenvalue weighted by Gasteiger charge is -2.15. The van der Waals surface area contributed by atoms with Crippen molar-refractivity contribution >= 4 is 0 Å². The van der Waals surface area contributed by atoms with E-state index >= 15 is 0 Å². The van der Waals surface area contributed by atoms with Gasteiger partial charge in [-0.1, -0.05) is 0 Å². The number of aliphatic hydroxyl groups is 2. The summed E-state index contributed by atoms with van der Waals surface area (Å²) in [5.74, 6) is 0. The van der Waals surface area contributed by atoms with Crippen LogP contribution < -0.4 is 0 Å². The molecule has 1 fully saturated rings. The quantitative estimate of drug-likeness (QED) is 0.659. The molecule has 78 valence electrons. The van der Waals surface area contributed by atoms with Crippen LogP contribution in [0.25, 0.3) is 0 Å². The van der Waals surface area contributed by atoms with E-state index in [1.807, 2.05) is 10.8 Å². The number of nitrogens with zero attached hydrogens (tertiary/aromatic N) is 3. The normalized spacial score (nSPS) is 28.4. The van der Waals surface area contributed by atoms with Gasteiger partial charge in [0.2, 0.25) is 0 Å². The zero-order chi connectivity index (χ0) is 9.97. The predicted molar refractivity (Wildman–Crippen MR) is 50.8 cm³/mol. The summed E-state index contributed by atoms with van der Waals surface area (Å²) in [6.07, 6.45) is 4.92. The van der Waals surface area contributed by atoms with Crippen LogP contribution >= 0.6 is 0 Å². The lowest BCUT2D eigenvalue weighted by atomic mass is 10.2. The van der Waals surface area contributed by atoms with Crippen molar-refractivity contribution < 1.29 is 10.2 Å². The Morgan fingerprint density at radius 2 is 2.29 bits per heavy atom. The largest absolute Gasteiger partial charge is 0.395 e. The van der Waals surface area contributed by atoms with Gasteiger partial charge in [0.15, 0.2) is 0 Å². The van der Waals surface area contributed by atoms with Crippen molar-refractivity contribution in [2.75, 3.05) is 26.2 Å². The Hall–Kier alpha value is -0.910. The number of β-amino-alcohol motifs (C(OH)–C–C–N with tert-alkyl or cyclic N) is 2. The summed E-state index contributed by atoms with van der Waals surface area (Å²) in [6.45, 7) is 2.17. The van der Waals surface area contributed by atoms with Gasteiger partial charge in [0.1, 0.15) is 0 Å². The molecule has 0 amide bonds. The molecule has 5 heteroatoms. The van der Waals surface area contributed by atoms with E-state index in [-0.39, 0.29) is 18.8 Å². The number of hydrogen-bond acceptors (Lipinski definition) is 4. The van der Waals surface area contributed by atoms with Gasteiger partial charge in [0.25, 0.3) is 0 Å². The molecule has 1 aromatic rings. The van der Waals surface area contributed by atoms with Crippen LogP contribution in [-0.4, -0.2) is 57.0 Å². The zero-order valence-electron chi connectivity index (χ0n) is 7.95. The second-order valence-electron chi connectivity index (χ2n) is 3.63. The van der Waals surface area contributed by atoms with Gasteiger partial charge < -0.3 is 14.8 Å². The maximum Gasteiger partial charge on any atom is 0.0949 e. The van der Waals surface area contributed by atoms with E-state index in [1.165, 1.54) is 0 Å². The Morgan fingerprint density at radius 1 is 1.43 bits per heavy atom. The van der Waals surface area contributed by atoms with E-state index < -0.39 is 0 Å². The van der Waals surface area contributed by atoms with Crippen LogP contribution in [0.1, 0.15) is 6.04 Å². The van der Waals surface area contributed by atoms with Crippen LogP contribution in [0.5, 0.6) is 0 Å². The summed E-state index contributed by atoms with van der Waals surface area (Å²) in [7, 11) is 0. The van der Waals surface area contributed by atoms with Crippen molar-refractivity contribution in [3.05, 3.63) is 18.7 Å².